The highest BCUT2D eigenvalue weighted by Crippen LogP contribution is 2.21. The molecule has 0 bridgehead atoms. The Morgan fingerprint density at radius 3 is 2.33 bits per heavy atom. The maximum Gasteiger partial charge on any atom is 0.243 e. The fourth-order valence-corrected chi connectivity index (χ4v) is 5.03. The zero-order valence-electron chi connectivity index (χ0n) is 14.6. The molecule has 1 saturated heterocycles. The quantitative estimate of drug-likeness (QED) is 0.697. The van der Waals surface area contributed by atoms with Crippen molar-refractivity contribution in [2.24, 2.45) is 0 Å². The average molecular weight is 455 g/mol. The van der Waals surface area contributed by atoms with E-state index in [4.69, 9.17) is 0 Å². The fraction of sp³-hybridized carbons (Fsp3) is 0.316. The number of hydrogen-bond acceptors (Lipinski definition) is 3. The number of carbonyl (C=O) groups excluding carboxylic acids is 1. The topological polar surface area (TPSA) is 57.7 Å². The lowest BCUT2D eigenvalue weighted by atomic mass is 10.1. The summed E-state index contributed by atoms with van der Waals surface area (Å²) in [6, 6.07) is 12.7. The van der Waals surface area contributed by atoms with Crippen LogP contribution >= 0.6 is 15.9 Å². The first-order valence-corrected chi connectivity index (χ1v) is 10.9. The molecular formula is C19H20BrFN2O3S. The van der Waals surface area contributed by atoms with E-state index in [1.165, 1.54) is 16.4 Å². The van der Waals surface area contributed by atoms with Crippen LogP contribution in [-0.2, 0) is 21.2 Å². The molecule has 1 fully saturated rings. The highest BCUT2D eigenvalue weighted by molar-refractivity contribution is 9.10. The number of carbonyl (C=O) groups is 1. The van der Waals surface area contributed by atoms with Gasteiger partial charge in [-0.05, 0) is 42.3 Å². The minimum Gasteiger partial charge on any atom is -0.340 e. The maximum atomic E-state index is 12.9. The van der Waals surface area contributed by atoms with Gasteiger partial charge in [-0.2, -0.15) is 4.31 Å². The predicted molar refractivity (Wildman–Crippen MR) is 104 cm³/mol. The maximum absolute atomic E-state index is 12.9. The summed E-state index contributed by atoms with van der Waals surface area (Å²) in [6.07, 6.45) is 0.861. The van der Waals surface area contributed by atoms with E-state index in [2.05, 4.69) is 15.9 Å². The van der Waals surface area contributed by atoms with Gasteiger partial charge in [0.2, 0.25) is 15.9 Å². The van der Waals surface area contributed by atoms with Crippen LogP contribution in [0.4, 0.5) is 4.39 Å². The van der Waals surface area contributed by atoms with Crippen LogP contribution in [0.5, 0.6) is 0 Å². The van der Waals surface area contributed by atoms with Crippen LogP contribution in [-0.4, -0.2) is 49.7 Å². The lowest BCUT2D eigenvalue weighted by molar-refractivity contribution is -0.132. The van der Waals surface area contributed by atoms with Gasteiger partial charge in [-0.1, -0.05) is 34.1 Å². The molecule has 2 aromatic rings. The van der Waals surface area contributed by atoms with Crippen molar-refractivity contribution in [3.63, 3.8) is 0 Å². The van der Waals surface area contributed by atoms with Gasteiger partial charge in [0.05, 0.1) is 4.90 Å². The van der Waals surface area contributed by atoms with E-state index < -0.39 is 10.0 Å². The smallest absolute Gasteiger partial charge is 0.243 e. The number of amides is 1. The van der Waals surface area contributed by atoms with Crippen molar-refractivity contribution >= 4 is 31.9 Å². The third-order valence-electron chi connectivity index (χ3n) is 4.57. The molecule has 8 heteroatoms. The number of aryl methyl sites for hydroxylation is 1. The lowest BCUT2D eigenvalue weighted by Gasteiger charge is -2.34. The van der Waals surface area contributed by atoms with E-state index in [1.54, 1.807) is 41.3 Å². The molecule has 0 N–H and O–H groups in total. The first-order valence-electron chi connectivity index (χ1n) is 8.64. The normalized spacial score (nSPS) is 15.7. The van der Waals surface area contributed by atoms with Crippen molar-refractivity contribution in [3.05, 3.63) is 64.4 Å². The molecule has 0 spiro atoms. The van der Waals surface area contributed by atoms with E-state index in [-0.39, 0.29) is 29.7 Å². The van der Waals surface area contributed by atoms with E-state index in [0.29, 0.717) is 30.4 Å². The molecule has 0 unspecified atom stereocenters. The number of nitrogens with zero attached hydrogens (tertiary/aromatic N) is 2. The van der Waals surface area contributed by atoms with E-state index in [0.717, 1.165) is 5.56 Å². The summed E-state index contributed by atoms with van der Waals surface area (Å²) < 4.78 is 40.5. The Bertz CT molecular complexity index is 911. The van der Waals surface area contributed by atoms with E-state index in [1.807, 2.05) is 0 Å². The van der Waals surface area contributed by atoms with Crippen molar-refractivity contribution in [2.75, 3.05) is 26.2 Å². The van der Waals surface area contributed by atoms with Gasteiger partial charge >= 0.3 is 0 Å². The number of halogens is 2. The zero-order valence-corrected chi connectivity index (χ0v) is 17.0. The van der Waals surface area contributed by atoms with E-state index >= 15 is 0 Å². The molecule has 0 aromatic heterocycles. The highest BCUT2D eigenvalue weighted by Gasteiger charge is 2.30. The van der Waals surface area contributed by atoms with Crippen molar-refractivity contribution in [2.45, 2.75) is 17.7 Å². The van der Waals surface area contributed by atoms with Crippen LogP contribution in [0.1, 0.15) is 12.0 Å². The molecule has 1 amide bonds. The Morgan fingerprint density at radius 1 is 1.04 bits per heavy atom. The van der Waals surface area contributed by atoms with Gasteiger partial charge in [0, 0.05) is 37.1 Å². The zero-order chi connectivity index (χ0) is 19.4. The van der Waals surface area contributed by atoms with Crippen molar-refractivity contribution in [1.29, 1.82) is 0 Å². The number of benzene rings is 2. The second kappa shape index (κ2) is 8.50. The molecule has 27 heavy (non-hydrogen) atoms. The third-order valence-corrected chi connectivity index (χ3v) is 6.95. The summed E-state index contributed by atoms with van der Waals surface area (Å²) in [6.45, 7) is 1.29. The largest absolute Gasteiger partial charge is 0.340 e. The molecule has 1 aliphatic rings. The molecule has 1 heterocycles. The molecule has 3 rings (SSSR count). The summed E-state index contributed by atoms with van der Waals surface area (Å²) in [5, 5.41) is 0. The number of piperazine rings is 1. The van der Waals surface area contributed by atoms with E-state index in [9.17, 15) is 17.6 Å². The van der Waals surface area contributed by atoms with Gasteiger partial charge in [0.15, 0.2) is 0 Å². The lowest BCUT2D eigenvalue weighted by Crippen LogP contribution is -2.50. The summed E-state index contributed by atoms with van der Waals surface area (Å²) >= 11 is 3.29. The second-order valence-corrected chi connectivity index (χ2v) is 9.22. The Hall–Kier alpha value is -1.77. The molecule has 144 valence electrons. The molecule has 0 radical (unpaired) electrons. The Kier molecular flexibility index (Phi) is 6.29. The molecule has 5 nitrogen and oxygen atoms in total. The molecule has 0 saturated carbocycles. The Balaban J connectivity index is 1.55. The SMILES string of the molecule is O=C(CCc1ccc(F)cc1)N1CCN(S(=O)(=O)c2cccc(Br)c2)CC1. The standard InChI is InChI=1S/C19H20BrFN2O3S/c20-16-2-1-3-18(14-16)27(25,26)23-12-10-22(11-13-23)19(24)9-6-15-4-7-17(21)8-5-15/h1-5,7-8,14H,6,9-13H2. The average Bonchev–Trinajstić information content (AvgIpc) is 2.67. The van der Waals surface area contributed by atoms with Crippen molar-refractivity contribution in [1.82, 2.24) is 9.21 Å². The highest BCUT2D eigenvalue weighted by atomic mass is 79.9. The van der Waals surface area contributed by atoms with Crippen LogP contribution in [0.3, 0.4) is 0 Å². The van der Waals surface area contributed by atoms with Crippen molar-refractivity contribution in [3.8, 4) is 0 Å². The van der Waals surface area contributed by atoms with Crippen LogP contribution < -0.4 is 0 Å². The van der Waals surface area contributed by atoms with Gasteiger partial charge in [-0.25, -0.2) is 12.8 Å². The molecule has 2 aromatic carbocycles. The summed E-state index contributed by atoms with van der Waals surface area (Å²) in [5.74, 6) is -0.313. The van der Waals surface area contributed by atoms with Gasteiger partial charge < -0.3 is 4.90 Å². The molecule has 0 aliphatic carbocycles. The van der Waals surface area contributed by atoms with Crippen LogP contribution in [0.15, 0.2) is 57.9 Å². The summed E-state index contributed by atoms with van der Waals surface area (Å²) in [4.78, 5) is 14.3. The number of hydrogen-bond donors (Lipinski definition) is 0. The number of sulfonamides is 1. The van der Waals surface area contributed by atoms with Crippen LogP contribution in [0.2, 0.25) is 0 Å². The summed E-state index contributed by atoms with van der Waals surface area (Å²) in [5.41, 5.74) is 0.903. The molecule has 0 atom stereocenters. The van der Waals surface area contributed by atoms with Gasteiger partial charge in [-0.3, -0.25) is 4.79 Å². The molecular weight excluding hydrogens is 435 g/mol. The fourth-order valence-electron chi connectivity index (χ4n) is 3.01. The minimum absolute atomic E-state index is 0.0150. The first kappa shape index (κ1) is 20.0. The number of rotatable bonds is 5. The summed E-state index contributed by atoms with van der Waals surface area (Å²) in [7, 11) is -3.56. The Labute approximate surface area is 167 Å². The van der Waals surface area contributed by atoms with Gasteiger partial charge in [0.1, 0.15) is 5.82 Å². The molecule has 1 aliphatic heterocycles. The second-order valence-electron chi connectivity index (χ2n) is 6.37. The first-order chi connectivity index (χ1) is 12.9. The van der Waals surface area contributed by atoms with Gasteiger partial charge in [-0.15, -0.1) is 0 Å². The van der Waals surface area contributed by atoms with Crippen LogP contribution in [0.25, 0.3) is 0 Å². The predicted octanol–water partition coefficient (Wildman–Crippen LogP) is 3.05. The monoisotopic (exact) mass is 454 g/mol. The minimum atomic E-state index is -3.56. The van der Waals surface area contributed by atoms with Crippen LogP contribution in [0, 0.1) is 5.82 Å². The van der Waals surface area contributed by atoms with Crippen molar-refractivity contribution < 1.29 is 17.6 Å². The third kappa shape index (κ3) is 4.94. The van der Waals surface area contributed by atoms with Gasteiger partial charge in [0.25, 0.3) is 0 Å². The Morgan fingerprint density at radius 2 is 1.70 bits per heavy atom.